The second-order valence-electron chi connectivity index (χ2n) is 7.30. The van der Waals surface area contributed by atoms with Crippen LogP contribution in [-0.2, 0) is 6.18 Å². The first-order valence-corrected chi connectivity index (χ1v) is 9.91. The third-order valence-electron chi connectivity index (χ3n) is 5.47. The van der Waals surface area contributed by atoms with Gasteiger partial charge < -0.3 is 9.80 Å². The minimum Gasteiger partial charge on any atom is -0.363 e. The average Bonchev–Trinajstić information content (AvgIpc) is 2.77. The molecule has 1 aliphatic carbocycles. The van der Waals surface area contributed by atoms with Gasteiger partial charge in [0.25, 0.3) is 5.69 Å². The minimum absolute atomic E-state index is 0.0547. The van der Waals surface area contributed by atoms with E-state index in [1.165, 1.54) is 6.07 Å². The fraction of sp³-hybridized carbons (Fsp3) is 0.238. The van der Waals surface area contributed by atoms with Gasteiger partial charge in [0.15, 0.2) is 0 Å². The van der Waals surface area contributed by atoms with Gasteiger partial charge in [0, 0.05) is 43.4 Å². The lowest BCUT2D eigenvalue weighted by molar-refractivity contribution is -0.384. The molecule has 11 heteroatoms. The van der Waals surface area contributed by atoms with Gasteiger partial charge in [0.05, 0.1) is 10.5 Å². The Morgan fingerprint density at radius 3 is 2.03 bits per heavy atom. The molecule has 1 saturated heterocycles. The van der Waals surface area contributed by atoms with E-state index >= 15 is 0 Å². The lowest BCUT2D eigenvalue weighted by atomic mass is 9.91. The smallest absolute Gasteiger partial charge is 0.363 e. The fourth-order valence-corrected chi connectivity index (χ4v) is 4.21. The molecule has 4 rings (SSSR count). The van der Waals surface area contributed by atoms with E-state index in [0.717, 1.165) is 12.1 Å². The van der Waals surface area contributed by atoms with Crippen molar-refractivity contribution < 1.29 is 27.7 Å². The first kappa shape index (κ1) is 21.8. The summed E-state index contributed by atoms with van der Waals surface area (Å²) in [5.74, 6) is -0.850. The number of nitro groups is 1. The molecule has 1 fully saturated rings. The molecule has 2 aromatic carbocycles. The van der Waals surface area contributed by atoms with E-state index in [4.69, 9.17) is 11.6 Å². The van der Waals surface area contributed by atoms with Gasteiger partial charge in [-0.15, -0.1) is 0 Å². The molecule has 0 aromatic heterocycles. The van der Waals surface area contributed by atoms with Gasteiger partial charge in [0.2, 0.25) is 11.6 Å². The summed E-state index contributed by atoms with van der Waals surface area (Å²) < 4.78 is 38.9. The summed E-state index contributed by atoms with van der Waals surface area (Å²) in [6.07, 6.45) is -4.70. The van der Waals surface area contributed by atoms with Crippen LogP contribution >= 0.6 is 11.6 Å². The van der Waals surface area contributed by atoms with Crippen LogP contribution in [0.1, 0.15) is 26.3 Å². The maximum Gasteiger partial charge on any atom is 0.416 e. The highest BCUT2D eigenvalue weighted by molar-refractivity contribution is 6.49. The van der Waals surface area contributed by atoms with E-state index in [-0.39, 0.29) is 59.5 Å². The molecule has 32 heavy (non-hydrogen) atoms. The Morgan fingerprint density at radius 1 is 0.906 bits per heavy atom. The van der Waals surface area contributed by atoms with Crippen molar-refractivity contribution in [3.05, 3.63) is 80.0 Å². The van der Waals surface area contributed by atoms with E-state index in [1.807, 2.05) is 0 Å². The fourth-order valence-electron chi connectivity index (χ4n) is 3.90. The number of anilines is 1. The van der Waals surface area contributed by atoms with Crippen molar-refractivity contribution in [2.75, 3.05) is 31.1 Å². The number of halogens is 4. The number of hydrogen-bond acceptors (Lipinski definition) is 6. The maximum absolute atomic E-state index is 13.0. The number of alkyl halides is 3. The monoisotopic (exact) mass is 465 g/mol. The number of nitro benzene ring substituents is 1. The number of Topliss-reactive ketones (excluding diaryl/α,β-unsaturated/α-hetero) is 2. The topological polar surface area (TPSA) is 83.8 Å². The second-order valence-corrected chi connectivity index (χ2v) is 7.68. The lowest BCUT2D eigenvalue weighted by Gasteiger charge is -2.38. The summed E-state index contributed by atoms with van der Waals surface area (Å²) >= 11 is 6.23. The van der Waals surface area contributed by atoms with Gasteiger partial charge in [-0.3, -0.25) is 19.7 Å². The number of carbonyl (C=O) groups is 2. The van der Waals surface area contributed by atoms with Crippen molar-refractivity contribution >= 4 is 34.5 Å². The summed E-state index contributed by atoms with van der Waals surface area (Å²) in [5.41, 5.74) is -1.16. The quantitative estimate of drug-likeness (QED) is 0.497. The highest BCUT2D eigenvalue weighted by atomic mass is 35.5. The number of ketones is 2. The standard InChI is InChI=1S/C21H15ClF3N3O4/c22-17-18(20(30)14-4-2-1-3-13(14)19(17)29)27-9-7-26(8-10-27)15-6-5-12(21(23,24)25)11-16(15)28(31)32/h1-6,11H,7-10H2. The number of carbonyl (C=O) groups excluding carboxylic acids is 2. The van der Waals surface area contributed by atoms with Gasteiger partial charge in [0.1, 0.15) is 16.4 Å². The number of piperazine rings is 1. The minimum atomic E-state index is -4.70. The van der Waals surface area contributed by atoms with Crippen LogP contribution in [0.25, 0.3) is 0 Å². The van der Waals surface area contributed by atoms with Crippen LogP contribution in [0.15, 0.2) is 53.2 Å². The Bertz CT molecular complexity index is 1170. The van der Waals surface area contributed by atoms with Crippen LogP contribution in [0.5, 0.6) is 0 Å². The molecule has 0 spiro atoms. The van der Waals surface area contributed by atoms with Crippen LogP contribution in [0.2, 0.25) is 0 Å². The van der Waals surface area contributed by atoms with Gasteiger partial charge in [-0.25, -0.2) is 0 Å². The molecule has 2 aliphatic rings. The SMILES string of the molecule is O=C1C(Cl)=C(N2CCN(c3ccc(C(F)(F)F)cc3[N+](=O)[O-])CC2)C(=O)c2ccccc21. The van der Waals surface area contributed by atoms with E-state index in [0.29, 0.717) is 6.07 Å². The van der Waals surface area contributed by atoms with Crippen LogP contribution < -0.4 is 4.90 Å². The van der Waals surface area contributed by atoms with Gasteiger partial charge in [-0.1, -0.05) is 35.9 Å². The molecule has 0 amide bonds. The number of benzene rings is 2. The number of fused-ring (bicyclic) bond motifs is 1. The maximum atomic E-state index is 13.0. The highest BCUT2D eigenvalue weighted by Gasteiger charge is 2.37. The Labute approximate surface area is 184 Å². The van der Waals surface area contributed by atoms with Crippen molar-refractivity contribution in [2.24, 2.45) is 0 Å². The predicted molar refractivity (Wildman–Crippen MR) is 110 cm³/mol. The molecule has 0 N–H and O–H groups in total. The zero-order chi connectivity index (χ0) is 23.2. The predicted octanol–water partition coefficient (Wildman–Crippen LogP) is 4.27. The Morgan fingerprint density at radius 2 is 1.47 bits per heavy atom. The molecule has 0 unspecified atom stereocenters. The number of allylic oxidation sites excluding steroid dienone is 2. The van der Waals surface area contributed by atoms with Gasteiger partial charge in [-0.2, -0.15) is 13.2 Å². The van der Waals surface area contributed by atoms with Crippen LogP contribution in [0, 0.1) is 10.1 Å². The van der Waals surface area contributed by atoms with E-state index in [9.17, 15) is 32.9 Å². The number of nitrogens with zero attached hydrogens (tertiary/aromatic N) is 3. The van der Waals surface area contributed by atoms with Crippen LogP contribution in [0.4, 0.5) is 24.5 Å². The first-order valence-electron chi connectivity index (χ1n) is 9.53. The van der Waals surface area contributed by atoms with Crippen molar-refractivity contribution in [3.63, 3.8) is 0 Å². The zero-order valence-electron chi connectivity index (χ0n) is 16.4. The summed E-state index contributed by atoms with van der Waals surface area (Å²) in [5, 5.41) is 11.2. The van der Waals surface area contributed by atoms with E-state index in [2.05, 4.69) is 0 Å². The third kappa shape index (κ3) is 3.70. The molecule has 0 saturated carbocycles. The molecule has 0 bridgehead atoms. The molecule has 0 atom stereocenters. The van der Waals surface area contributed by atoms with Crippen molar-refractivity contribution in [1.29, 1.82) is 0 Å². The zero-order valence-corrected chi connectivity index (χ0v) is 17.1. The Balaban J connectivity index is 1.58. The van der Waals surface area contributed by atoms with Crippen LogP contribution in [-0.4, -0.2) is 47.6 Å². The summed E-state index contributed by atoms with van der Waals surface area (Å²) in [6.45, 7) is 0.766. The Hall–Kier alpha value is -3.40. The first-order chi connectivity index (χ1) is 15.1. The van der Waals surface area contributed by atoms with Gasteiger partial charge >= 0.3 is 6.18 Å². The molecule has 2 aromatic rings. The van der Waals surface area contributed by atoms with E-state index < -0.39 is 28.1 Å². The van der Waals surface area contributed by atoms with Crippen molar-refractivity contribution in [2.45, 2.75) is 6.18 Å². The van der Waals surface area contributed by atoms with E-state index in [1.54, 1.807) is 28.0 Å². The summed E-state index contributed by atoms with van der Waals surface area (Å²) in [7, 11) is 0. The molecule has 1 aliphatic heterocycles. The molecule has 166 valence electrons. The molecule has 0 radical (unpaired) electrons. The molecular formula is C21H15ClF3N3O4. The normalized spacial score (nSPS) is 17.0. The summed E-state index contributed by atoms with van der Waals surface area (Å²) in [4.78, 5) is 39.3. The third-order valence-corrected chi connectivity index (χ3v) is 5.83. The van der Waals surface area contributed by atoms with Crippen molar-refractivity contribution in [1.82, 2.24) is 4.90 Å². The largest absolute Gasteiger partial charge is 0.416 e. The molecule has 7 nitrogen and oxygen atoms in total. The number of rotatable bonds is 3. The van der Waals surface area contributed by atoms with Crippen molar-refractivity contribution in [3.8, 4) is 0 Å². The van der Waals surface area contributed by atoms with Crippen LogP contribution in [0.3, 0.4) is 0 Å². The number of hydrogen-bond donors (Lipinski definition) is 0. The summed E-state index contributed by atoms with van der Waals surface area (Å²) in [6, 6.07) is 8.73. The lowest BCUT2D eigenvalue weighted by Crippen LogP contribution is -2.48. The van der Waals surface area contributed by atoms with Gasteiger partial charge in [-0.05, 0) is 12.1 Å². The average molecular weight is 466 g/mol. The highest BCUT2D eigenvalue weighted by Crippen LogP contribution is 2.37. The Kier molecular flexibility index (Phi) is 5.41. The molecule has 1 heterocycles. The second kappa shape index (κ2) is 7.94. The molecular weight excluding hydrogens is 451 g/mol.